The van der Waals surface area contributed by atoms with E-state index < -0.39 is 0 Å². The van der Waals surface area contributed by atoms with Gasteiger partial charge in [0.05, 0.1) is 23.3 Å². The predicted molar refractivity (Wildman–Crippen MR) is 159 cm³/mol. The van der Waals surface area contributed by atoms with Crippen LogP contribution in [0.2, 0.25) is 0 Å². The Morgan fingerprint density at radius 3 is 1.39 bits per heavy atom. The van der Waals surface area contributed by atoms with E-state index in [4.69, 9.17) is 0 Å². The molecule has 0 heterocycles. The molecular formula is C30H44N2O4S2. The summed E-state index contributed by atoms with van der Waals surface area (Å²) < 4.78 is 0. The molecule has 4 N–H and O–H groups in total. The quantitative estimate of drug-likeness (QED) is 0.114. The van der Waals surface area contributed by atoms with Crippen molar-refractivity contribution in [2.75, 3.05) is 13.1 Å². The summed E-state index contributed by atoms with van der Waals surface area (Å²) >= 11 is 0. The first-order valence-corrected chi connectivity index (χ1v) is 16.0. The number of aliphatic hydroxyl groups excluding tert-OH is 2. The Morgan fingerprint density at radius 2 is 1.00 bits per heavy atom. The molecule has 0 fully saturated rings. The van der Waals surface area contributed by atoms with Gasteiger partial charge in [-0.05, 0) is 63.8 Å². The highest BCUT2D eigenvalue weighted by Crippen LogP contribution is 2.40. The van der Waals surface area contributed by atoms with Gasteiger partial charge in [-0.25, -0.2) is 0 Å². The van der Waals surface area contributed by atoms with Crippen LogP contribution in [0.4, 0.5) is 0 Å². The molecule has 2 aromatic carbocycles. The van der Waals surface area contributed by atoms with E-state index in [1.807, 2.05) is 62.4 Å². The molecule has 2 atom stereocenters. The molecule has 210 valence electrons. The highest BCUT2D eigenvalue weighted by atomic mass is 33.1. The second-order valence-electron chi connectivity index (χ2n) is 9.77. The van der Waals surface area contributed by atoms with Crippen molar-refractivity contribution < 1.29 is 19.8 Å². The summed E-state index contributed by atoms with van der Waals surface area (Å²) in [6.45, 7) is 4.88. The van der Waals surface area contributed by atoms with Crippen LogP contribution in [0.1, 0.15) is 98.8 Å². The third-order valence-electron chi connectivity index (χ3n) is 6.15. The molecule has 38 heavy (non-hydrogen) atoms. The van der Waals surface area contributed by atoms with Crippen LogP contribution in [-0.4, -0.2) is 47.3 Å². The van der Waals surface area contributed by atoms with Crippen LogP contribution in [0, 0.1) is 0 Å². The Morgan fingerprint density at radius 1 is 0.632 bits per heavy atom. The lowest BCUT2D eigenvalue weighted by Crippen LogP contribution is -2.25. The molecule has 0 aliphatic carbocycles. The van der Waals surface area contributed by atoms with Crippen LogP contribution >= 0.6 is 21.6 Å². The summed E-state index contributed by atoms with van der Waals surface area (Å²) in [7, 11) is 2.97. The zero-order valence-corrected chi connectivity index (χ0v) is 24.4. The van der Waals surface area contributed by atoms with Gasteiger partial charge in [0.1, 0.15) is 0 Å². The Bertz CT molecular complexity index is 891. The van der Waals surface area contributed by atoms with Crippen LogP contribution in [0.5, 0.6) is 0 Å². The topological polar surface area (TPSA) is 98.7 Å². The summed E-state index contributed by atoms with van der Waals surface area (Å²) in [5.74, 6) is -0.172. The molecule has 0 radical (unpaired) electrons. The average molecular weight is 561 g/mol. The van der Waals surface area contributed by atoms with Gasteiger partial charge in [0, 0.05) is 22.9 Å². The second-order valence-corrected chi connectivity index (χ2v) is 12.0. The van der Waals surface area contributed by atoms with Crippen LogP contribution in [0.15, 0.2) is 58.3 Å². The largest absolute Gasteiger partial charge is 0.393 e. The number of unbranched alkanes of at least 4 members (excludes halogenated alkanes) is 6. The van der Waals surface area contributed by atoms with Gasteiger partial charge in [0.2, 0.25) is 0 Å². The maximum atomic E-state index is 12.8. The SMILES string of the molecule is CC(O)CCCCCCNC(=O)c1ccccc1SSc1ccccc1C(=O)NCCCCCCC(C)O. The number of hydrogen-bond donors (Lipinski definition) is 4. The number of rotatable bonds is 19. The van der Waals surface area contributed by atoms with E-state index >= 15 is 0 Å². The molecule has 0 saturated carbocycles. The van der Waals surface area contributed by atoms with Gasteiger partial charge in [-0.2, -0.15) is 0 Å². The molecule has 0 saturated heterocycles. The lowest BCUT2D eigenvalue weighted by molar-refractivity contribution is 0.0941. The summed E-state index contributed by atoms with van der Waals surface area (Å²) in [5.41, 5.74) is 1.27. The predicted octanol–water partition coefficient (Wildman–Crippen LogP) is 6.61. The van der Waals surface area contributed by atoms with Crippen LogP contribution in [0.3, 0.4) is 0 Å². The molecule has 2 unspecified atom stereocenters. The van der Waals surface area contributed by atoms with Crippen LogP contribution in [0.25, 0.3) is 0 Å². The number of carbonyl (C=O) groups is 2. The first-order valence-electron chi connectivity index (χ1n) is 13.8. The van der Waals surface area contributed by atoms with Gasteiger partial charge in [0.15, 0.2) is 0 Å². The van der Waals surface area contributed by atoms with Gasteiger partial charge in [-0.15, -0.1) is 0 Å². The van der Waals surface area contributed by atoms with Crippen molar-refractivity contribution >= 4 is 33.4 Å². The fraction of sp³-hybridized carbons (Fsp3) is 0.533. The second kappa shape index (κ2) is 19.1. The van der Waals surface area contributed by atoms with Gasteiger partial charge < -0.3 is 20.8 Å². The van der Waals surface area contributed by atoms with Gasteiger partial charge in [0.25, 0.3) is 11.8 Å². The van der Waals surface area contributed by atoms with E-state index in [-0.39, 0.29) is 24.0 Å². The minimum absolute atomic E-state index is 0.0860. The van der Waals surface area contributed by atoms with Crippen LogP contribution < -0.4 is 10.6 Å². The zero-order chi connectivity index (χ0) is 27.6. The maximum absolute atomic E-state index is 12.8. The van der Waals surface area contributed by atoms with E-state index in [2.05, 4.69) is 10.6 Å². The normalized spacial score (nSPS) is 12.6. The summed E-state index contributed by atoms with van der Waals surface area (Å²) in [6.07, 6.45) is 9.18. The minimum atomic E-state index is -0.245. The van der Waals surface area contributed by atoms with Gasteiger partial charge in [-0.1, -0.05) is 84.4 Å². The number of aliphatic hydroxyl groups is 2. The molecular weight excluding hydrogens is 516 g/mol. The van der Waals surface area contributed by atoms with E-state index in [0.717, 1.165) is 74.0 Å². The molecule has 2 amide bonds. The van der Waals surface area contributed by atoms with E-state index in [1.54, 1.807) is 0 Å². The first-order chi connectivity index (χ1) is 18.4. The molecule has 2 aromatic rings. The molecule has 0 aliphatic heterocycles. The Kier molecular flexibility index (Phi) is 16.2. The smallest absolute Gasteiger partial charge is 0.252 e. The summed E-state index contributed by atoms with van der Waals surface area (Å²) in [5, 5.41) is 24.7. The maximum Gasteiger partial charge on any atom is 0.252 e. The monoisotopic (exact) mass is 560 g/mol. The van der Waals surface area contributed by atoms with Crippen molar-refractivity contribution in [3.63, 3.8) is 0 Å². The first kappa shape index (κ1) is 32.2. The van der Waals surface area contributed by atoms with Gasteiger partial charge in [-0.3, -0.25) is 9.59 Å². The number of nitrogens with one attached hydrogen (secondary N) is 2. The van der Waals surface area contributed by atoms with Crippen molar-refractivity contribution in [2.24, 2.45) is 0 Å². The lowest BCUT2D eigenvalue weighted by Gasteiger charge is -2.12. The third-order valence-corrected chi connectivity index (χ3v) is 8.63. The lowest BCUT2D eigenvalue weighted by atomic mass is 10.1. The van der Waals surface area contributed by atoms with E-state index in [1.165, 1.54) is 21.6 Å². The van der Waals surface area contributed by atoms with Crippen molar-refractivity contribution in [3.05, 3.63) is 59.7 Å². The fourth-order valence-corrected chi connectivity index (χ4v) is 6.33. The minimum Gasteiger partial charge on any atom is -0.393 e. The van der Waals surface area contributed by atoms with E-state index in [0.29, 0.717) is 24.2 Å². The molecule has 0 bridgehead atoms. The molecule has 0 aromatic heterocycles. The Balaban J connectivity index is 1.82. The Hall–Kier alpha value is -2.00. The zero-order valence-electron chi connectivity index (χ0n) is 22.8. The molecule has 0 spiro atoms. The van der Waals surface area contributed by atoms with Crippen molar-refractivity contribution in [1.29, 1.82) is 0 Å². The average Bonchev–Trinajstić information content (AvgIpc) is 2.90. The fourth-order valence-electron chi connectivity index (χ4n) is 3.97. The van der Waals surface area contributed by atoms with E-state index in [9.17, 15) is 19.8 Å². The van der Waals surface area contributed by atoms with Gasteiger partial charge >= 0.3 is 0 Å². The van der Waals surface area contributed by atoms with Crippen molar-refractivity contribution in [3.8, 4) is 0 Å². The number of carbonyl (C=O) groups excluding carboxylic acids is 2. The molecule has 8 heteroatoms. The van der Waals surface area contributed by atoms with Crippen LogP contribution in [-0.2, 0) is 0 Å². The highest BCUT2D eigenvalue weighted by Gasteiger charge is 2.15. The molecule has 6 nitrogen and oxygen atoms in total. The number of amides is 2. The summed E-state index contributed by atoms with van der Waals surface area (Å²) in [4.78, 5) is 27.4. The number of hydrogen-bond acceptors (Lipinski definition) is 6. The third kappa shape index (κ3) is 13.2. The summed E-state index contributed by atoms with van der Waals surface area (Å²) in [6, 6.07) is 15.1. The molecule has 0 aliphatic rings. The van der Waals surface area contributed by atoms with Crippen molar-refractivity contribution in [1.82, 2.24) is 10.6 Å². The Labute approximate surface area is 236 Å². The molecule has 2 rings (SSSR count). The standard InChI is InChI=1S/C30H44N2O4S2/c1-23(33)15-7-3-5-13-21-31-29(35)25-17-9-11-19-27(25)37-38-28-20-12-10-18-26(28)30(36)32-22-14-6-4-8-16-24(2)34/h9-12,17-20,23-24,33-34H,3-8,13-16,21-22H2,1-2H3,(H,31,35)(H,32,36). The highest BCUT2D eigenvalue weighted by molar-refractivity contribution is 8.76. The van der Waals surface area contributed by atoms with Crippen molar-refractivity contribution in [2.45, 2.75) is 100 Å². The number of benzene rings is 2.